The molecular formula is C24H26N4O6S. The van der Waals surface area contributed by atoms with Crippen molar-refractivity contribution in [1.82, 2.24) is 10.6 Å². The fraction of sp³-hybridized carbons (Fsp3) is 0.292. The van der Waals surface area contributed by atoms with Crippen molar-refractivity contribution in [3.8, 4) is 11.5 Å². The number of amides is 2. The van der Waals surface area contributed by atoms with Gasteiger partial charge in [-0.1, -0.05) is 11.8 Å². The second kappa shape index (κ2) is 10.3. The molecule has 0 radical (unpaired) electrons. The van der Waals surface area contributed by atoms with Crippen LogP contribution in [0.15, 0.2) is 47.0 Å². The minimum absolute atomic E-state index is 0.0536. The van der Waals surface area contributed by atoms with E-state index in [1.54, 1.807) is 41.3 Å². The zero-order chi connectivity index (χ0) is 25.1. The third-order valence-electron chi connectivity index (χ3n) is 5.85. The average Bonchev–Trinajstić information content (AvgIpc) is 3.26. The quantitative estimate of drug-likeness (QED) is 0.429. The molecule has 0 aliphatic carbocycles. The van der Waals surface area contributed by atoms with Gasteiger partial charge in [-0.3, -0.25) is 9.59 Å². The molecule has 2 aliphatic rings. The van der Waals surface area contributed by atoms with Crippen LogP contribution in [0.5, 0.6) is 11.5 Å². The van der Waals surface area contributed by atoms with Crippen LogP contribution in [0, 0.1) is 0 Å². The Morgan fingerprint density at radius 2 is 1.89 bits per heavy atom. The summed E-state index contributed by atoms with van der Waals surface area (Å²) in [5, 5.41) is 15.2. The van der Waals surface area contributed by atoms with Gasteiger partial charge in [0.05, 0.1) is 14.2 Å². The van der Waals surface area contributed by atoms with Gasteiger partial charge in [0.25, 0.3) is 5.91 Å². The van der Waals surface area contributed by atoms with Crippen molar-refractivity contribution in [2.24, 2.45) is 5.73 Å². The molecule has 0 bridgehead atoms. The van der Waals surface area contributed by atoms with E-state index in [9.17, 15) is 19.5 Å². The maximum Gasteiger partial charge on any atom is 0.337 e. The number of methoxy groups -OCH3 is 2. The molecule has 4 rings (SSSR count). The number of hydrogen-bond donors (Lipinski definition) is 4. The first-order valence-electron chi connectivity index (χ1n) is 10.9. The Bertz CT molecular complexity index is 1210. The van der Waals surface area contributed by atoms with Gasteiger partial charge in [-0.05, 0) is 42.0 Å². The molecule has 10 nitrogen and oxygen atoms in total. The lowest BCUT2D eigenvalue weighted by Crippen LogP contribution is -2.37. The van der Waals surface area contributed by atoms with Gasteiger partial charge in [-0.25, -0.2) is 4.79 Å². The number of nitrogens with two attached hydrogens (primary N) is 1. The smallest absolute Gasteiger partial charge is 0.337 e. The van der Waals surface area contributed by atoms with E-state index in [0.717, 1.165) is 17.1 Å². The number of anilines is 1. The van der Waals surface area contributed by atoms with Crippen LogP contribution in [0.4, 0.5) is 5.69 Å². The summed E-state index contributed by atoms with van der Waals surface area (Å²) in [5.41, 5.74) is 8.23. The number of carbonyl (C=O) groups is 3. The summed E-state index contributed by atoms with van der Waals surface area (Å²) in [5.74, 6) is -1.04. The lowest BCUT2D eigenvalue weighted by atomic mass is 10.0. The highest BCUT2D eigenvalue weighted by Crippen LogP contribution is 2.44. The summed E-state index contributed by atoms with van der Waals surface area (Å²) in [6, 6.07) is 9.67. The van der Waals surface area contributed by atoms with Gasteiger partial charge >= 0.3 is 5.97 Å². The summed E-state index contributed by atoms with van der Waals surface area (Å²) >= 11 is 1.29. The molecule has 2 aliphatic heterocycles. The van der Waals surface area contributed by atoms with Crippen LogP contribution in [-0.4, -0.2) is 55.6 Å². The van der Waals surface area contributed by atoms with Crippen LogP contribution < -0.4 is 30.7 Å². The lowest BCUT2D eigenvalue weighted by Gasteiger charge is -2.30. The Labute approximate surface area is 206 Å². The molecule has 1 atom stereocenters. The summed E-state index contributed by atoms with van der Waals surface area (Å²) in [4.78, 5) is 39.6. The Balaban J connectivity index is 1.66. The van der Waals surface area contributed by atoms with Gasteiger partial charge in [0, 0.05) is 53.5 Å². The van der Waals surface area contributed by atoms with Crippen LogP contribution in [0.25, 0.3) is 0 Å². The molecule has 1 unspecified atom stereocenters. The third kappa shape index (κ3) is 4.91. The summed E-state index contributed by atoms with van der Waals surface area (Å²) < 4.78 is 10.5. The lowest BCUT2D eigenvalue weighted by molar-refractivity contribution is -0.136. The van der Waals surface area contributed by atoms with Gasteiger partial charge < -0.3 is 35.8 Å². The van der Waals surface area contributed by atoms with Crippen LogP contribution in [0.1, 0.15) is 32.7 Å². The minimum Gasteiger partial charge on any atom is -0.493 e. The van der Waals surface area contributed by atoms with Crippen molar-refractivity contribution in [2.45, 2.75) is 18.3 Å². The number of nitrogens with one attached hydrogen (secondary N) is 2. The topological polar surface area (TPSA) is 143 Å². The Morgan fingerprint density at radius 3 is 2.57 bits per heavy atom. The van der Waals surface area contributed by atoms with Gasteiger partial charge in [0.2, 0.25) is 5.91 Å². The summed E-state index contributed by atoms with van der Waals surface area (Å²) in [6.07, 6.45) is 0.668. The van der Waals surface area contributed by atoms with Crippen LogP contribution in [0.3, 0.4) is 0 Å². The monoisotopic (exact) mass is 498 g/mol. The first-order valence-corrected chi connectivity index (χ1v) is 11.8. The number of carbonyl (C=O) groups excluding carboxylic acids is 2. The maximum atomic E-state index is 12.9. The fourth-order valence-corrected chi connectivity index (χ4v) is 5.38. The Kier molecular flexibility index (Phi) is 7.17. The molecule has 2 aromatic carbocycles. The zero-order valence-corrected chi connectivity index (χ0v) is 20.1. The second-order valence-electron chi connectivity index (χ2n) is 7.94. The van der Waals surface area contributed by atoms with Crippen LogP contribution in [-0.2, 0) is 11.3 Å². The average molecular weight is 499 g/mol. The zero-order valence-electron chi connectivity index (χ0n) is 19.3. The molecule has 184 valence electrons. The molecule has 0 spiro atoms. The largest absolute Gasteiger partial charge is 0.493 e. The SMILES string of the molecule is COc1ccc(C(=O)NCc2cc(C(N)=O)ccc2N2C3=C(CNCC3)SC2C(=O)O)cc1OC. The number of thioether (sulfide) groups is 1. The molecule has 2 aromatic rings. The number of ether oxygens (including phenoxy) is 2. The number of carboxylic acids is 1. The van der Waals surface area contributed by atoms with E-state index in [4.69, 9.17) is 15.2 Å². The second-order valence-corrected chi connectivity index (χ2v) is 9.11. The van der Waals surface area contributed by atoms with Gasteiger partial charge in [-0.2, -0.15) is 0 Å². The van der Waals surface area contributed by atoms with Crippen molar-refractivity contribution in [2.75, 3.05) is 32.2 Å². The highest BCUT2D eigenvalue weighted by atomic mass is 32.2. The number of rotatable bonds is 8. The van der Waals surface area contributed by atoms with E-state index in [2.05, 4.69) is 10.6 Å². The molecular weight excluding hydrogens is 472 g/mol. The predicted molar refractivity (Wildman–Crippen MR) is 132 cm³/mol. The number of carboxylic acid groups (broad SMARTS) is 1. The number of hydrogen-bond acceptors (Lipinski definition) is 8. The fourth-order valence-electron chi connectivity index (χ4n) is 4.15. The number of benzene rings is 2. The Hall–Kier alpha value is -3.70. The molecule has 2 heterocycles. The molecule has 0 saturated heterocycles. The first kappa shape index (κ1) is 24.4. The summed E-state index contributed by atoms with van der Waals surface area (Å²) in [6.45, 7) is 1.38. The Morgan fingerprint density at radius 1 is 1.14 bits per heavy atom. The molecule has 11 heteroatoms. The van der Waals surface area contributed by atoms with Crippen molar-refractivity contribution in [3.63, 3.8) is 0 Å². The van der Waals surface area contributed by atoms with Crippen LogP contribution >= 0.6 is 11.8 Å². The maximum absolute atomic E-state index is 12.9. The van der Waals surface area contributed by atoms with Crippen molar-refractivity contribution in [1.29, 1.82) is 0 Å². The van der Waals surface area contributed by atoms with Gasteiger partial charge in [0.1, 0.15) is 0 Å². The van der Waals surface area contributed by atoms with E-state index in [0.29, 0.717) is 41.3 Å². The molecule has 2 amide bonds. The standard InChI is InChI=1S/C24H26N4O6S/c1-33-18-6-4-14(10-19(18)34-2)22(30)27-11-15-9-13(21(25)29)3-5-16(15)28-17-7-8-26-12-20(17)35-23(28)24(31)32/h3-6,9-10,23,26H,7-8,11-12H2,1-2H3,(H2,25,29)(H,27,30)(H,31,32). The number of aliphatic carboxylic acids is 1. The van der Waals surface area contributed by atoms with Crippen LogP contribution in [0.2, 0.25) is 0 Å². The first-order chi connectivity index (χ1) is 16.8. The third-order valence-corrected chi connectivity index (χ3v) is 7.15. The normalized spacial score (nSPS) is 17.1. The molecule has 5 N–H and O–H groups in total. The summed E-state index contributed by atoms with van der Waals surface area (Å²) in [7, 11) is 2.99. The highest BCUT2D eigenvalue weighted by molar-refractivity contribution is 8.04. The van der Waals surface area contributed by atoms with E-state index in [-0.39, 0.29) is 18.0 Å². The van der Waals surface area contributed by atoms with Gasteiger partial charge in [-0.15, -0.1) is 0 Å². The predicted octanol–water partition coefficient (Wildman–Crippen LogP) is 1.90. The molecule has 0 aromatic heterocycles. The number of primary amides is 1. The highest BCUT2D eigenvalue weighted by Gasteiger charge is 2.39. The molecule has 35 heavy (non-hydrogen) atoms. The minimum atomic E-state index is -0.969. The van der Waals surface area contributed by atoms with E-state index >= 15 is 0 Å². The van der Waals surface area contributed by atoms with Crippen molar-refractivity contribution in [3.05, 3.63) is 63.7 Å². The molecule has 0 saturated carbocycles. The molecule has 0 fully saturated rings. The van der Waals surface area contributed by atoms with E-state index < -0.39 is 17.3 Å². The van der Waals surface area contributed by atoms with Crippen molar-refractivity contribution < 1.29 is 29.0 Å². The van der Waals surface area contributed by atoms with Crippen molar-refractivity contribution >= 4 is 35.2 Å². The van der Waals surface area contributed by atoms with E-state index in [1.807, 2.05) is 0 Å². The van der Waals surface area contributed by atoms with Gasteiger partial charge in [0.15, 0.2) is 16.9 Å². The number of nitrogens with zero attached hydrogens (tertiary/aromatic N) is 1. The van der Waals surface area contributed by atoms with E-state index in [1.165, 1.54) is 26.0 Å².